The van der Waals surface area contributed by atoms with E-state index in [2.05, 4.69) is 6.92 Å². The van der Waals surface area contributed by atoms with E-state index in [4.69, 9.17) is 16.1 Å². The molecule has 0 heterocycles. The van der Waals surface area contributed by atoms with Gasteiger partial charge in [-0.1, -0.05) is 31.4 Å². The smallest absolute Gasteiger partial charge is 0.232 e. The second kappa shape index (κ2) is 7.20. The van der Waals surface area contributed by atoms with Gasteiger partial charge in [-0.25, -0.2) is 0 Å². The minimum atomic E-state index is -2.68. The van der Waals surface area contributed by atoms with Gasteiger partial charge in [-0.2, -0.15) is 0 Å². The zero-order valence-corrected chi connectivity index (χ0v) is 12.1. The fraction of sp³-hybridized carbons (Fsp3) is 0.538. The molecule has 1 unspecified atom stereocenters. The Bertz CT molecular complexity index is 376. The lowest BCUT2D eigenvalue weighted by molar-refractivity contribution is 0.339. The van der Waals surface area contributed by atoms with Gasteiger partial charge in [0.25, 0.3) is 0 Å². The van der Waals surface area contributed by atoms with Crippen molar-refractivity contribution in [2.45, 2.75) is 33.1 Å². The number of hydrogen-bond acceptors (Lipinski definition) is 2. The molecule has 4 heteroatoms. The number of benzene rings is 1. The van der Waals surface area contributed by atoms with Gasteiger partial charge < -0.3 is 4.52 Å². The van der Waals surface area contributed by atoms with Crippen molar-refractivity contribution < 1.29 is 9.09 Å². The maximum Gasteiger partial charge on any atom is 0.232 e. The first-order chi connectivity index (χ1) is 8.12. The molecule has 1 rings (SSSR count). The Morgan fingerprint density at radius 1 is 1.18 bits per heavy atom. The molecule has 0 saturated carbocycles. The number of rotatable bonds is 7. The van der Waals surface area contributed by atoms with Gasteiger partial charge in [-0.15, -0.1) is 0 Å². The van der Waals surface area contributed by atoms with Gasteiger partial charge >= 0.3 is 0 Å². The van der Waals surface area contributed by atoms with Crippen molar-refractivity contribution >= 4 is 24.3 Å². The van der Waals surface area contributed by atoms with Crippen molar-refractivity contribution in [2.24, 2.45) is 0 Å². The normalized spacial score (nSPS) is 14.5. The van der Waals surface area contributed by atoms with Gasteiger partial charge in [0.15, 0.2) is 0 Å². The number of halogens is 1. The molecule has 1 aromatic rings. The van der Waals surface area contributed by atoms with E-state index in [9.17, 15) is 4.57 Å². The van der Waals surface area contributed by atoms with Gasteiger partial charge in [-0.3, -0.25) is 4.57 Å². The zero-order valence-electron chi connectivity index (χ0n) is 10.5. The van der Waals surface area contributed by atoms with Gasteiger partial charge in [0.05, 0.1) is 6.61 Å². The highest BCUT2D eigenvalue weighted by atomic mass is 35.5. The quantitative estimate of drug-likeness (QED) is 0.542. The highest BCUT2D eigenvalue weighted by molar-refractivity contribution is 7.67. The predicted octanol–water partition coefficient (Wildman–Crippen LogP) is 4.47. The molecule has 0 aromatic heterocycles. The Labute approximate surface area is 109 Å². The van der Waals surface area contributed by atoms with Crippen LogP contribution in [-0.2, 0) is 9.09 Å². The molecule has 0 fully saturated rings. The van der Waals surface area contributed by atoms with Crippen LogP contribution in [0.2, 0.25) is 5.02 Å². The van der Waals surface area contributed by atoms with Gasteiger partial charge in [0.2, 0.25) is 7.37 Å². The van der Waals surface area contributed by atoms with Crippen LogP contribution in [-0.4, -0.2) is 12.8 Å². The van der Waals surface area contributed by atoms with Crippen molar-refractivity contribution in [3.05, 3.63) is 29.3 Å². The topological polar surface area (TPSA) is 26.3 Å². The summed E-state index contributed by atoms with van der Waals surface area (Å²) in [4.78, 5) is 0. The monoisotopic (exact) mass is 274 g/mol. The van der Waals surface area contributed by atoms with Crippen LogP contribution < -0.4 is 5.30 Å². The van der Waals surface area contributed by atoms with Crippen LogP contribution in [0.4, 0.5) is 0 Å². The lowest BCUT2D eigenvalue weighted by Crippen LogP contribution is -2.10. The summed E-state index contributed by atoms with van der Waals surface area (Å²) >= 11 is 5.84. The van der Waals surface area contributed by atoms with Crippen molar-refractivity contribution in [2.75, 3.05) is 12.8 Å². The minimum absolute atomic E-state index is 0.478. The molecule has 0 amide bonds. The second-order valence-corrected chi connectivity index (χ2v) is 7.00. The van der Waals surface area contributed by atoms with Crippen LogP contribution in [0, 0.1) is 0 Å². The first-order valence-electron chi connectivity index (χ1n) is 6.12. The van der Waals surface area contributed by atoms with E-state index < -0.39 is 7.37 Å². The first kappa shape index (κ1) is 14.8. The SMILES string of the molecule is CCCCCP(=O)(OCC)c1ccc(Cl)cc1. The zero-order chi connectivity index (χ0) is 12.7. The van der Waals surface area contributed by atoms with Crippen LogP contribution in [0.3, 0.4) is 0 Å². The summed E-state index contributed by atoms with van der Waals surface area (Å²) in [5.74, 6) is 0. The molecule has 17 heavy (non-hydrogen) atoms. The molecular weight excluding hydrogens is 255 g/mol. The fourth-order valence-corrected chi connectivity index (χ4v) is 4.04. The number of unbranched alkanes of at least 4 members (excludes halogenated alkanes) is 2. The molecule has 0 N–H and O–H groups in total. The van der Waals surface area contributed by atoms with Crippen molar-refractivity contribution in [3.63, 3.8) is 0 Å². The van der Waals surface area contributed by atoms with Gasteiger partial charge in [0.1, 0.15) is 0 Å². The standard InChI is InChI=1S/C13H20ClO2P/c1-3-5-6-11-17(15,16-4-2)13-9-7-12(14)8-10-13/h7-10H,3-6,11H2,1-2H3. The van der Waals surface area contributed by atoms with E-state index in [0.717, 1.165) is 24.6 Å². The van der Waals surface area contributed by atoms with Crippen LogP contribution in [0.15, 0.2) is 24.3 Å². The molecule has 1 atom stereocenters. The minimum Gasteiger partial charge on any atom is -0.326 e. The van der Waals surface area contributed by atoms with E-state index in [1.165, 1.54) is 0 Å². The molecule has 0 spiro atoms. The molecule has 0 saturated heterocycles. The third-order valence-corrected chi connectivity index (χ3v) is 5.53. The maximum atomic E-state index is 12.7. The third-order valence-electron chi connectivity index (χ3n) is 2.61. The second-order valence-electron chi connectivity index (χ2n) is 4.00. The van der Waals surface area contributed by atoms with Crippen LogP contribution >= 0.6 is 19.0 Å². The summed E-state index contributed by atoms with van der Waals surface area (Å²) < 4.78 is 18.3. The average Bonchev–Trinajstić information content (AvgIpc) is 2.30. The summed E-state index contributed by atoms with van der Waals surface area (Å²) in [6, 6.07) is 7.15. The summed E-state index contributed by atoms with van der Waals surface area (Å²) in [7, 11) is -2.68. The van der Waals surface area contributed by atoms with E-state index in [-0.39, 0.29) is 0 Å². The third kappa shape index (κ3) is 4.46. The van der Waals surface area contributed by atoms with E-state index in [0.29, 0.717) is 17.8 Å². The molecule has 0 aliphatic rings. The highest BCUT2D eigenvalue weighted by Gasteiger charge is 2.24. The first-order valence-corrected chi connectivity index (χ1v) is 8.31. The Hall–Kier alpha value is -0.300. The highest BCUT2D eigenvalue weighted by Crippen LogP contribution is 2.46. The van der Waals surface area contributed by atoms with Gasteiger partial charge in [0, 0.05) is 16.5 Å². The average molecular weight is 275 g/mol. The summed E-state index contributed by atoms with van der Waals surface area (Å²) in [5.41, 5.74) is 0. The summed E-state index contributed by atoms with van der Waals surface area (Å²) in [6.45, 7) is 4.49. The molecule has 96 valence electrons. The Morgan fingerprint density at radius 3 is 2.35 bits per heavy atom. The summed E-state index contributed by atoms with van der Waals surface area (Å²) in [5, 5.41) is 1.44. The van der Waals surface area contributed by atoms with Crippen molar-refractivity contribution in [3.8, 4) is 0 Å². The molecule has 0 radical (unpaired) electrons. The van der Waals surface area contributed by atoms with E-state index in [1.807, 2.05) is 19.1 Å². The van der Waals surface area contributed by atoms with Crippen LogP contribution in [0.5, 0.6) is 0 Å². The van der Waals surface area contributed by atoms with Crippen molar-refractivity contribution in [1.29, 1.82) is 0 Å². The van der Waals surface area contributed by atoms with E-state index in [1.54, 1.807) is 12.1 Å². The molecule has 0 aliphatic heterocycles. The molecular formula is C13H20ClO2P. The lowest BCUT2D eigenvalue weighted by atomic mass is 10.3. The molecule has 1 aromatic carbocycles. The van der Waals surface area contributed by atoms with E-state index >= 15 is 0 Å². The molecule has 0 bridgehead atoms. The fourth-order valence-electron chi connectivity index (χ4n) is 1.71. The van der Waals surface area contributed by atoms with Crippen LogP contribution in [0.1, 0.15) is 33.1 Å². The maximum absolute atomic E-state index is 12.7. The molecule has 0 aliphatic carbocycles. The Morgan fingerprint density at radius 2 is 1.82 bits per heavy atom. The molecule has 2 nitrogen and oxygen atoms in total. The van der Waals surface area contributed by atoms with Crippen molar-refractivity contribution in [1.82, 2.24) is 0 Å². The van der Waals surface area contributed by atoms with Crippen LogP contribution in [0.25, 0.3) is 0 Å². The predicted molar refractivity (Wildman–Crippen MR) is 74.7 cm³/mol. The largest absolute Gasteiger partial charge is 0.326 e. The van der Waals surface area contributed by atoms with Gasteiger partial charge in [-0.05, 0) is 37.6 Å². The Kier molecular flexibility index (Phi) is 6.26. The lowest BCUT2D eigenvalue weighted by Gasteiger charge is -2.18. The summed E-state index contributed by atoms with van der Waals surface area (Å²) in [6.07, 6.45) is 3.77. The Balaban J connectivity index is 2.82. The number of hydrogen-bond donors (Lipinski definition) is 0.